The van der Waals surface area contributed by atoms with Gasteiger partial charge in [-0.3, -0.25) is 4.79 Å². The van der Waals surface area contributed by atoms with Gasteiger partial charge in [0, 0.05) is 5.39 Å². The quantitative estimate of drug-likeness (QED) is 0.815. The normalized spacial score (nSPS) is 10.6. The molecule has 0 amide bonds. The summed E-state index contributed by atoms with van der Waals surface area (Å²) >= 11 is 0. The Balaban J connectivity index is 2.79. The highest BCUT2D eigenvalue weighted by molar-refractivity contribution is 5.86. The van der Waals surface area contributed by atoms with E-state index in [4.69, 9.17) is 4.74 Å². The number of benzene rings is 1. The fourth-order valence-electron chi connectivity index (χ4n) is 1.51. The second kappa shape index (κ2) is 3.84. The zero-order valence-corrected chi connectivity index (χ0v) is 8.58. The lowest BCUT2D eigenvalue weighted by Crippen LogP contribution is -2.11. The van der Waals surface area contributed by atoms with E-state index in [1.807, 2.05) is 0 Å². The molecule has 0 radical (unpaired) electrons. The van der Waals surface area contributed by atoms with E-state index >= 15 is 0 Å². The van der Waals surface area contributed by atoms with Crippen molar-refractivity contribution in [2.75, 3.05) is 6.61 Å². The Morgan fingerprint density at radius 1 is 1.50 bits per heavy atom. The van der Waals surface area contributed by atoms with Crippen molar-refractivity contribution in [1.82, 2.24) is 4.98 Å². The number of hydrogen-bond acceptors (Lipinski definition) is 3. The number of ether oxygens (including phenoxy) is 1. The maximum absolute atomic E-state index is 13.0. The Morgan fingerprint density at radius 2 is 2.25 bits per heavy atom. The Bertz CT molecular complexity index is 592. The first kappa shape index (κ1) is 10.5. The first-order valence-electron chi connectivity index (χ1n) is 4.80. The maximum Gasteiger partial charge on any atom is 0.294 e. The average molecular weight is 223 g/mol. The van der Waals surface area contributed by atoms with Crippen LogP contribution in [0.2, 0.25) is 0 Å². The number of pyridine rings is 1. The number of aromatic nitrogens is 1. The number of hydrogen-bond donors (Lipinski definition) is 2. The molecule has 1 heterocycles. The molecule has 0 bridgehead atoms. The summed E-state index contributed by atoms with van der Waals surface area (Å²) in [6, 6.07) is 3.74. The van der Waals surface area contributed by atoms with Crippen molar-refractivity contribution in [2.45, 2.75) is 6.92 Å². The van der Waals surface area contributed by atoms with Gasteiger partial charge in [-0.15, -0.1) is 0 Å². The number of rotatable bonds is 2. The molecule has 16 heavy (non-hydrogen) atoms. The summed E-state index contributed by atoms with van der Waals surface area (Å²) in [4.78, 5) is 14.0. The molecule has 5 heteroatoms. The number of fused-ring (bicyclic) bond motifs is 1. The summed E-state index contributed by atoms with van der Waals surface area (Å²) in [5, 5.41) is 10.00. The molecule has 0 aliphatic heterocycles. The molecule has 4 nitrogen and oxygen atoms in total. The number of halogens is 1. The molecule has 1 aromatic carbocycles. The molecule has 1 aromatic heterocycles. The van der Waals surface area contributed by atoms with E-state index in [0.717, 1.165) is 6.07 Å². The van der Waals surface area contributed by atoms with Crippen molar-refractivity contribution < 1.29 is 14.2 Å². The van der Waals surface area contributed by atoms with Gasteiger partial charge in [0.05, 0.1) is 12.1 Å². The first-order valence-corrected chi connectivity index (χ1v) is 4.80. The predicted octanol–water partition coefficient (Wildman–Crippen LogP) is 1.77. The second-order valence-corrected chi connectivity index (χ2v) is 3.25. The van der Waals surface area contributed by atoms with Crippen LogP contribution in [-0.4, -0.2) is 16.7 Å². The predicted molar refractivity (Wildman–Crippen MR) is 57.4 cm³/mol. The monoisotopic (exact) mass is 223 g/mol. The highest BCUT2D eigenvalue weighted by Crippen LogP contribution is 2.30. The van der Waals surface area contributed by atoms with E-state index in [2.05, 4.69) is 4.98 Å². The van der Waals surface area contributed by atoms with Gasteiger partial charge in [-0.05, 0) is 25.1 Å². The summed E-state index contributed by atoms with van der Waals surface area (Å²) in [7, 11) is 0. The first-order chi connectivity index (χ1) is 7.63. The molecule has 0 atom stereocenters. The van der Waals surface area contributed by atoms with Gasteiger partial charge in [-0.25, -0.2) is 4.39 Å². The standard InChI is InChI=1S/C11H10FNO3/c1-2-16-10-9(14)7-5-6(12)3-4-8(7)13-11(10)15/h3-5H,2H2,1H3,(H2,13,14,15). The van der Waals surface area contributed by atoms with Gasteiger partial charge in [0.2, 0.25) is 5.75 Å². The van der Waals surface area contributed by atoms with Crippen molar-refractivity contribution in [1.29, 1.82) is 0 Å². The zero-order valence-electron chi connectivity index (χ0n) is 8.58. The molecule has 0 saturated carbocycles. The molecular weight excluding hydrogens is 213 g/mol. The van der Waals surface area contributed by atoms with E-state index in [0.29, 0.717) is 5.52 Å². The fraction of sp³-hybridized carbons (Fsp3) is 0.182. The molecule has 0 unspecified atom stereocenters. The maximum atomic E-state index is 13.0. The van der Waals surface area contributed by atoms with E-state index in [1.54, 1.807) is 6.92 Å². The molecule has 84 valence electrons. The molecule has 0 fully saturated rings. The minimum Gasteiger partial charge on any atom is -0.504 e. The fourth-order valence-corrected chi connectivity index (χ4v) is 1.51. The summed E-state index contributed by atoms with van der Waals surface area (Å²) in [6.07, 6.45) is 0. The van der Waals surface area contributed by atoms with Crippen LogP contribution in [0.5, 0.6) is 11.5 Å². The molecule has 0 aliphatic carbocycles. The van der Waals surface area contributed by atoms with Crippen LogP contribution in [0, 0.1) is 5.82 Å². The summed E-state index contributed by atoms with van der Waals surface area (Å²) in [6.45, 7) is 1.94. The van der Waals surface area contributed by atoms with Gasteiger partial charge < -0.3 is 14.8 Å². The minimum atomic E-state index is -0.529. The summed E-state index contributed by atoms with van der Waals surface area (Å²) < 4.78 is 18.0. The number of nitrogens with one attached hydrogen (secondary N) is 1. The van der Waals surface area contributed by atoms with Crippen LogP contribution >= 0.6 is 0 Å². The van der Waals surface area contributed by atoms with Crippen molar-refractivity contribution in [2.24, 2.45) is 0 Å². The Kier molecular flexibility index (Phi) is 2.52. The molecule has 2 aromatic rings. The van der Waals surface area contributed by atoms with Crippen LogP contribution in [-0.2, 0) is 0 Å². The largest absolute Gasteiger partial charge is 0.504 e. The minimum absolute atomic E-state index is 0.180. The van der Waals surface area contributed by atoms with Crippen molar-refractivity contribution in [3.8, 4) is 11.5 Å². The molecule has 2 rings (SSSR count). The van der Waals surface area contributed by atoms with Gasteiger partial charge in [0.25, 0.3) is 5.56 Å². The number of aromatic amines is 1. The van der Waals surface area contributed by atoms with Gasteiger partial charge in [0.15, 0.2) is 5.75 Å². The Hall–Kier alpha value is -2.04. The molecule has 2 N–H and O–H groups in total. The topological polar surface area (TPSA) is 62.3 Å². The molecule has 0 aliphatic rings. The zero-order chi connectivity index (χ0) is 11.7. The van der Waals surface area contributed by atoms with Crippen LogP contribution in [0.25, 0.3) is 10.9 Å². The highest BCUT2D eigenvalue weighted by Gasteiger charge is 2.12. The lowest BCUT2D eigenvalue weighted by Gasteiger charge is -2.07. The Labute approximate surface area is 90.3 Å². The Morgan fingerprint density at radius 3 is 2.94 bits per heavy atom. The van der Waals surface area contributed by atoms with E-state index < -0.39 is 11.4 Å². The third-order valence-electron chi connectivity index (χ3n) is 2.19. The highest BCUT2D eigenvalue weighted by atomic mass is 19.1. The van der Waals surface area contributed by atoms with Gasteiger partial charge in [0.1, 0.15) is 5.82 Å². The van der Waals surface area contributed by atoms with Crippen LogP contribution in [0.1, 0.15) is 6.92 Å². The molecular formula is C11H10FNO3. The smallest absolute Gasteiger partial charge is 0.294 e. The lowest BCUT2D eigenvalue weighted by atomic mass is 10.2. The number of H-pyrrole nitrogens is 1. The molecule has 0 spiro atoms. The van der Waals surface area contributed by atoms with Crippen molar-refractivity contribution in [3.63, 3.8) is 0 Å². The third kappa shape index (κ3) is 1.60. The van der Waals surface area contributed by atoms with Crippen molar-refractivity contribution in [3.05, 3.63) is 34.4 Å². The van der Waals surface area contributed by atoms with Crippen LogP contribution in [0.4, 0.5) is 4.39 Å². The van der Waals surface area contributed by atoms with Crippen molar-refractivity contribution >= 4 is 10.9 Å². The van der Waals surface area contributed by atoms with Gasteiger partial charge in [-0.2, -0.15) is 0 Å². The van der Waals surface area contributed by atoms with Crippen LogP contribution in [0.15, 0.2) is 23.0 Å². The van der Waals surface area contributed by atoms with Gasteiger partial charge in [-0.1, -0.05) is 0 Å². The molecule has 0 saturated heterocycles. The average Bonchev–Trinajstić information content (AvgIpc) is 2.26. The SMILES string of the molecule is CCOc1c(O)c2cc(F)ccc2[nH]c1=O. The third-order valence-corrected chi connectivity index (χ3v) is 2.19. The van der Waals surface area contributed by atoms with Crippen LogP contribution in [0.3, 0.4) is 0 Å². The number of aromatic hydroxyl groups is 1. The van der Waals surface area contributed by atoms with Gasteiger partial charge >= 0.3 is 0 Å². The summed E-state index contributed by atoms with van der Waals surface area (Å²) in [5.41, 5.74) is -0.161. The second-order valence-electron chi connectivity index (χ2n) is 3.25. The van der Waals surface area contributed by atoms with E-state index in [1.165, 1.54) is 12.1 Å². The van der Waals surface area contributed by atoms with E-state index in [9.17, 15) is 14.3 Å². The lowest BCUT2D eigenvalue weighted by molar-refractivity contribution is 0.315. The summed E-state index contributed by atoms with van der Waals surface area (Å²) in [5.74, 6) is -1.00. The van der Waals surface area contributed by atoms with E-state index in [-0.39, 0.29) is 23.5 Å². The van der Waals surface area contributed by atoms with Crippen LogP contribution < -0.4 is 10.3 Å².